The number of rotatable bonds is 6. The van der Waals surface area contributed by atoms with Crippen molar-refractivity contribution in [2.45, 2.75) is 25.2 Å². The molecule has 0 spiro atoms. The molecule has 2 amide bonds. The lowest BCUT2D eigenvalue weighted by Crippen LogP contribution is -2.42. The summed E-state index contributed by atoms with van der Waals surface area (Å²) in [5.74, 6) is -0.165. The number of likely N-dealkylation sites (tertiary alicyclic amines) is 1. The number of amides is 2. The van der Waals surface area contributed by atoms with E-state index in [-0.39, 0.29) is 17.7 Å². The number of hydrogen-bond acceptors (Lipinski definition) is 2. The van der Waals surface area contributed by atoms with E-state index in [0.29, 0.717) is 29.6 Å². The number of benzene rings is 3. The summed E-state index contributed by atoms with van der Waals surface area (Å²) in [6, 6.07) is 24.5. The maximum Gasteiger partial charge on any atom is 0.234 e. The Kier molecular flexibility index (Phi) is 7.69. The third kappa shape index (κ3) is 6.16. The summed E-state index contributed by atoms with van der Waals surface area (Å²) in [4.78, 5) is 28.0. The number of nitrogens with one attached hydrogen (secondary N) is 1. The smallest absolute Gasteiger partial charge is 0.234 e. The minimum absolute atomic E-state index is 0.0155. The highest BCUT2D eigenvalue weighted by Crippen LogP contribution is 2.33. The van der Waals surface area contributed by atoms with Crippen LogP contribution in [0.3, 0.4) is 0 Å². The van der Waals surface area contributed by atoms with Crippen molar-refractivity contribution in [2.75, 3.05) is 18.4 Å². The Morgan fingerprint density at radius 1 is 0.848 bits per heavy atom. The third-order valence-electron chi connectivity index (χ3n) is 6.06. The van der Waals surface area contributed by atoms with Gasteiger partial charge in [-0.15, -0.1) is 0 Å². The van der Waals surface area contributed by atoms with E-state index >= 15 is 0 Å². The van der Waals surface area contributed by atoms with Gasteiger partial charge in [-0.2, -0.15) is 0 Å². The fraction of sp³-hybridized carbons (Fsp3) is 0.259. The zero-order valence-electron chi connectivity index (χ0n) is 18.2. The molecule has 0 aromatic heterocycles. The second kappa shape index (κ2) is 10.9. The molecule has 1 fully saturated rings. The molecule has 1 aliphatic rings. The number of hydrogen-bond donors (Lipinski definition) is 1. The molecule has 1 N–H and O–H groups in total. The minimum Gasteiger partial charge on any atom is -0.342 e. The van der Waals surface area contributed by atoms with E-state index in [4.69, 9.17) is 23.2 Å². The molecule has 1 heterocycles. The maximum atomic E-state index is 13.7. The molecule has 3 aromatic carbocycles. The Labute approximate surface area is 204 Å². The Balaban J connectivity index is 1.42. The van der Waals surface area contributed by atoms with E-state index in [0.717, 1.165) is 29.7 Å². The van der Waals surface area contributed by atoms with Crippen molar-refractivity contribution in [2.24, 2.45) is 5.92 Å². The van der Waals surface area contributed by atoms with Crippen LogP contribution in [0.1, 0.15) is 36.3 Å². The van der Waals surface area contributed by atoms with E-state index in [1.54, 1.807) is 6.07 Å². The first-order valence-electron chi connectivity index (χ1n) is 11.1. The lowest BCUT2D eigenvalue weighted by atomic mass is 9.88. The highest BCUT2D eigenvalue weighted by atomic mass is 35.5. The lowest BCUT2D eigenvalue weighted by molar-refractivity contribution is -0.133. The van der Waals surface area contributed by atoms with Gasteiger partial charge in [-0.05, 0) is 60.2 Å². The molecule has 1 unspecified atom stereocenters. The second-order valence-corrected chi connectivity index (χ2v) is 9.31. The summed E-state index contributed by atoms with van der Waals surface area (Å²) in [6.07, 6.45) is 2.06. The van der Waals surface area contributed by atoms with Gasteiger partial charge in [-0.1, -0.05) is 71.7 Å². The van der Waals surface area contributed by atoms with Gasteiger partial charge >= 0.3 is 0 Å². The summed E-state index contributed by atoms with van der Waals surface area (Å²) in [5, 5.41) is 3.97. The number of anilines is 1. The van der Waals surface area contributed by atoms with Crippen molar-refractivity contribution >= 4 is 40.7 Å². The van der Waals surface area contributed by atoms with Crippen molar-refractivity contribution in [1.82, 2.24) is 4.90 Å². The van der Waals surface area contributed by atoms with Crippen LogP contribution in [0.4, 0.5) is 5.69 Å². The Bertz CT molecular complexity index is 1080. The number of piperidine rings is 1. The highest BCUT2D eigenvalue weighted by Gasteiger charge is 2.31. The number of nitrogens with zero attached hydrogens (tertiary/aromatic N) is 1. The molecular formula is C27H26Cl2N2O2. The molecular weight excluding hydrogens is 455 g/mol. The van der Waals surface area contributed by atoms with E-state index in [2.05, 4.69) is 5.32 Å². The first kappa shape index (κ1) is 23.3. The average Bonchev–Trinajstić information content (AvgIpc) is 2.80. The number of halogens is 2. The molecule has 6 heteroatoms. The van der Waals surface area contributed by atoms with Gasteiger partial charge in [0, 0.05) is 35.2 Å². The molecule has 3 aromatic rings. The van der Waals surface area contributed by atoms with E-state index < -0.39 is 5.92 Å². The van der Waals surface area contributed by atoms with Crippen LogP contribution in [-0.4, -0.2) is 29.8 Å². The van der Waals surface area contributed by atoms with Crippen molar-refractivity contribution in [3.8, 4) is 0 Å². The topological polar surface area (TPSA) is 49.4 Å². The molecule has 4 nitrogen and oxygen atoms in total. The molecule has 1 atom stereocenters. The number of para-hydroxylation sites is 1. The quantitative estimate of drug-likeness (QED) is 0.444. The van der Waals surface area contributed by atoms with Crippen LogP contribution in [0.25, 0.3) is 0 Å². The monoisotopic (exact) mass is 480 g/mol. The molecule has 4 rings (SSSR count). The zero-order chi connectivity index (χ0) is 23.2. The SMILES string of the molecule is O=C(CC1CCN(C(=O)C(c2ccccc2)c2cc(Cl)cc(Cl)c2)CC1)Nc1ccccc1. The lowest BCUT2D eigenvalue weighted by Gasteiger charge is -2.34. The van der Waals surface area contributed by atoms with Crippen molar-refractivity contribution < 1.29 is 9.59 Å². The van der Waals surface area contributed by atoms with Gasteiger partial charge in [0.1, 0.15) is 0 Å². The van der Waals surface area contributed by atoms with Gasteiger partial charge in [0.05, 0.1) is 5.92 Å². The second-order valence-electron chi connectivity index (χ2n) is 8.43. The molecule has 0 aliphatic carbocycles. The molecule has 0 radical (unpaired) electrons. The van der Waals surface area contributed by atoms with Crippen LogP contribution in [0.5, 0.6) is 0 Å². The van der Waals surface area contributed by atoms with Gasteiger partial charge < -0.3 is 10.2 Å². The summed E-state index contributed by atoms with van der Waals surface area (Å²) >= 11 is 12.5. The molecule has 1 saturated heterocycles. The van der Waals surface area contributed by atoms with Crippen LogP contribution in [0.2, 0.25) is 10.0 Å². The van der Waals surface area contributed by atoms with Gasteiger partial charge in [-0.25, -0.2) is 0 Å². The van der Waals surface area contributed by atoms with Crippen LogP contribution in [0.15, 0.2) is 78.9 Å². The Hall–Kier alpha value is -2.82. The zero-order valence-corrected chi connectivity index (χ0v) is 19.7. The molecule has 33 heavy (non-hydrogen) atoms. The molecule has 1 aliphatic heterocycles. The first-order valence-corrected chi connectivity index (χ1v) is 11.9. The van der Waals surface area contributed by atoms with Gasteiger partial charge in [0.2, 0.25) is 11.8 Å². The predicted molar refractivity (Wildman–Crippen MR) is 134 cm³/mol. The third-order valence-corrected chi connectivity index (χ3v) is 6.49. The predicted octanol–water partition coefficient (Wildman–Crippen LogP) is 6.39. The van der Waals surface area contributed by atoms with E-state index in [1.165, 1.54) is 0 Å². The van der Waals surface area contributed by atoms with E-state index in [9.17, 15) is 9.59 Å². The molecule has 0 saturated carbocycles. The van der Waals surface area contributed by atoms with Crippen LogP contribution in [-0.2, 0) is 9.59 Å². The molecule has 170 valence electrons. The fourth-order valence-corrected chi connectivity index (χ4v) is 4.94. The van der Waals surface area contributed by atoms with Gasteiger partial charge in [0.25, 0.3) is 0 Å². The Morgan fingerprint density at radius 2 is 1.42 bits per heavy atom. The maximum absolute atomic E-state index is 13.7. The summed E-state index contributed by atoms with van der Waals surface area (Å²) in [5.41, 5.74) is 2.50. The largest absolute Gasteiger partial charge is 0.342 e. The van der Waals surface area contributed by atoms with Crippen molar-refractivity contribution in [1.29, 1.82) is 0 Å². The first-order chi connectivity index (χ1) is 16.0. The van der Waals surface area contributed by atoms with Crippen molar-refractivity contribution in [3.05, 3.63) is 100 Å². The van der Waals surface area contributed by atoms with Gasteiger partial charge in [0.15, 0.2) is 0 Å². The van der Waals surface area contributed by atoms with Crippen LogP contribution >= 0.6 is 23.2 Å². The average molecular weight is 481 g/mol. The van der Waals surface area contributed by atoms with Gasteiger partial charge in [-0.3, -0.25) is 9.59 Å². The highest BCUT2D eigenvalue weighted by molar-refractivity contribution is 6.34. The summed E-state index contributed by atoms with van der Waals surface area (Å²) in [7, 11) is 0. The van der Waals surface area contributed by atoms with Crippen LogP contribution < -0.4 is 5.32 Å². The number of carbonyl (C=O) groups is 2. The Morgan fingerprint density at radius 3 is 2.03 bits per heavy atom. The standard InChI is InChI=1S/C27H26Cl2N2O2/c28-22-16-21(17-23(29)18-22)26(20-7-3-1-4-8-20)27(33)31-13-11-19(12-14-31)15-25(32)30-24-9-5-2-6-10-24/h1-10,16-19,26H,11-15H2,(H,30,32). The summed E-state index contributed by atoms with van der Waals surface area (Å²) in [6.45, 7) is 1.25. The van der Waals surface area contributed by atoms with Crippen molar-refractivity contribution in [3.63, 3.8) is 0 Å². The fourth-order valence-electron chi connectivity index (χ4n) is 4.40. The molecule has 0 bridgehead atoms. The minimum atomic E-state index is -0.472. The van der Waals surface area contributed by atoms with E-state index in [1.807, 2.05) is 77.7 Å². The summed E-state index contributed by atoms with van der Waals surface area (Å²) < 4.78 is 0. The number of carbonyl (C=O) groups excluding carboxylic acids is 2. The normalized spacial score (nSPS) is 15.2. The van der Waals surface area contributed by atoms with Crippen LogP contribution in [0, 0.1) is 5.92 Å².